The number of carbonyl (C=O) groups excluding carboxylic acids is 2. The minimum Gasteiger partial charge on any atom is -0.327 e. The van der Waals surface area contributed by atoms with Crippen molar-refractivity contribution in [3.05, 3.63) is 12.2 Å². The van der Waals surface area contributed by atoms with E-state index in [9.17, 15) is 9.59 Å². The predicted molar refractivity (Wildman–Crippen MR) is 57.0 cm³/mol. The van der Waals surface area contributed by atoms with Crippen LogP contribution in [-0.4, -0.2) is 41.9 Å². The summed E-state index contributed by atoms with van der Waals surface area (Å²) in [4.78, 5) is 24.5. The van der Waals surface area contributed by atoms with Gasteiger partial charge in [0.1, 0.15) is 0 Å². The van der Waals surface area contributed by atoms with Crippen LogP contribution in [0.4, 0.5) is 0 Å². The number of nitrogens with zero attached hydrogens (tertiary/aromatic N) is 1. The summed E-state index contributed by atoms with van der Waals surface area (Å²) in [5.41, 5.74) is 4.67. The molecule has 15 heavy (non-hydrogen) atoms. The van der Waals surface area contributed by atoms with E-state index in [4.69, 9.17) is 5.73 Å². The van der Waals surface area contributed by atoms with E-state index in [2.05, 4.69) is 5.32 Å². The van der Waals surface area contributed by atoms with Gasteiger partial charge in [-0.1, -0.05) is 12.2 Å². The van der Waals surface area contributed by atoms with Crippen LogP contribution < -0.4 is 11.1 Å². The topological polar surface area (TPSA) is 75.4 Å². The fraction of sp³-hybridized carbons (Fsp3) is 0.600. The van der Waals surface area contributed by atoms with Gasteiger partial charge in [-0.05, 0) is 13.8 Å². The lowest BCUT2D eigenvalue weighted by Crippen LogP contribution is -2.63. The van der Waals surface area contributed by atoms with E-state index in [1.165, 1.54) is 0 Å². The minimum atomic E-state index is -0.646. The van der Waals surface area contributed by atoms with Crippen LogP contribution in [-0.2, 0) is 9.59 Å². The molecular weight excluding hydrogens is 194 g/mol. The van der Waals surface area contributed by atoms with Gasteiger partial charge in [0.2, 0.25) is 11.8 Å². The summed E-state index contributed by atoms with van der Waals surface area (Å²) in [6.45, 7) is 4.86. The van der Waals surface area contributed by atoms with Crippen LogP contribution in [0.15, 0.2) is 12.2 Å². The molecule has 1 rings (SSSR count). The molecule has 1 aliphatic rings. The van der Waals surface area contributed by atoms with E-state index in [0.717, 1.165) is 0 Å². The molecule has 5 heteroatoms. The van der Waals surface area contributed by atoms with E-state index in [1.807, 2.05) is 17.1 Å². The van der Waals surface area contributed by atoms with Gasteiger partial charge in [0.05, 0.1) is 12.1 Å². The van der Waals surface area contributed by atoms with Gasteiger partial charge in [-0.2, -0.15) is 0 Å². The highest BCUT2D eigenvalue weighted by Gasteiger charge is 2.39. The molecule has 1 heterocycles. The normalized spacial score (nSPS) is 22.1. The van der Waals surface area contributed by atoms with Gasteiger partial charge in [-0.15, -0.1) is 0 Å². The van der Waals surface area contributed by atoms with Gasteiger partial charge >= 0.3 is 0 Å². The predicted octanol–water partition coefficient (Wildman–Crippen LogP) is -0.762. The zero-order valence-corrected chi connectivity index (χ0v) is 9.12. The first-order valence-corrected chi connectivity index (χ1v) is 4.93. The molecule has 0 aliphatic carbocycles. The lowest BCUT2D eigenvalue weighted by Gasteiger charge is -2.39. The molecule has 0 aromatic carbocycles. The molecule has 1 saturated heterocycles. The van der Waals surface area contributed by atoms with Gasteiger partial charge in [0, 0.05) is 13.1 Å². The smallest absolute Gasteiger partial charge is 0.246 e. The third-order valence-corrected chi connectivity index (χ3v) is 2.56. The number of nitrogens with two attached hydrogens (primary N) is 1. The number of rotatable bonds is 3. The Morgan fingerprint density at radius 1 is 1.47 bits per heavy atom. The lowest BCUT2D eigenvalue weighted by molar-refractivity contribution is -0.144. The molecule has 1 fully saturated rings. The van der Waals surface area contributed by atoms with Crippen LogP contribution in [0.5, 0.6) is 0 Å². The molecule has 1 aliphatic heterocycles. The second-order valence-corrected chi connectivity index (χ2v) is 4.02. The van der Waals surface area contributed by atoms with Crippen molar-refractivity contribution in [3.8, 4) is 0 Å². The van der Waals surface area contributed by atoms with Crippen molar-refractivity contribution in [2.45, 2.75) is 19.4 Å². The monoisotopic (exact) mass is 211 g/mol. The Labute approximate surface area is 89.3 Å². The van der Waals surface area contributed by atoms with Gasteiger partial charge in [-0.3, -0.25) is 19.8 Å². The fourth-order valence-electron chi connectivity index (χ4n) is 1.42. The molecule has 2 amide bonds. The molecule has 0 atom stereocenters. The Bertz CT molecular complexity index is 297. The van der Waals surface area contributed by atoms with Crippen molar-refractivity contribution < 1.29 is 9.59 Å². The van der Waals surface area contributed by atoms with Crippen LogP contribution in [0.3, 0.4) is 0 Å². The van der Waals surface area contributed by atoms with E-state index in [1.54, 1.807) is 13.8 Å². The molecule has 0 aromatic rings. The maximum atomic E-state index is 11.5. The van der Waals surface area contributed by atoms with Crippen molar-refractivity contribution >= 4 is 11.8 Å². The van der Waals surface area contributed by atoms with Gasteiger partial charge in [-0.25, -0.2) is 0 Å². The highest BCUT2D eigenvalue weighted by atomic mass is 16.2. The van der Waals surface area contributed by atoms with Gasteiger partial charge in [0.25, 0.3) is 0 Å². The van der Waals surface area contributed by atoms with E-state index in [0.29, 0.717) is 13.1 Å². The largest absolute Gasteiger partial charge is 0.327 e. The molecule has 0 radical (unpaired) electrons. The highest BCUT2D eigenvalue weighted by Crippen LogP contribution is 2.17. The van der Waals surface area contributed by atoms with E-state index in [-0.39, 0.29) is 18.4 Å². The molecule has 0 spiro atoms. The average Bonchev–Trinajstić information content (AvgIpc) is 2.14. The summed E-state index contributed by atoms with van der Waals surface area (Å²) in [7, 11) is 0. The number of hydrogen-bond donors (Lipinski definition) is 2. The van der Waals surface area contributed by atoms with Crippen LogP contribution >= 0.6 is 0 Å². The SMILES string of the molecule is CC1(C)C(=O)NC(=O)CN1CC=CCN. The molecule has 0 unspecified atom stereocenters. The Morgan fingerprint density at radius 3 is 2.73 bits per heavy atom. The van der Waals surface area contributed by atoms with Gasteiger partial charge in [0.15, 0.2) is 0 Å². The van der Waals surface area contributed by atoms with Crippen LogP contribution in [0, 0.1) is 0 Å². The summed E-state index contributed by atoms with van der Waals surface area (Å²) >= 11 is 0. The number of imide groups is 1. The first-order valence-electron chi connectivity index (χ1n) is 4.93. The minimum absolute atomic E-state index is 0.244. The van der Waals surface area contributed by atoms with Crippen molar-refractivity contribution in [1.82, 2.24) is 10.2 Å². The van der Waals surface area contributed by atoms with Crippen molar-refractivity contribution in [2.75, 3.05) is 19.6 Å². The van der Waals surface area contributed by atoms with Crippen molar-refractivity contribution in [2.24, 2.45) is 5.73 Å². The highest BCUT2D eigenvalue weighted by molar-refractivity contribution is 6.02. The first kappa shape index (κ1) is 11.9. The maximum absolute atomic E-state index is 11.5. The third kappa shape index (κ3) is 2.64. The number of amides is 2. The summed E-state index contributed by atoms with van der Waals surface area (Å²) in [6.07, 6.45) is 3.68. The maximum Gasteiger partial charge on any atom is 0.246 e. The van der Waals surface area contributed by atoms with E-state index >= 15 is 0 Å². The zero-order chi connectivity index (χ0) is 11.5. The Kier molecular flexibility index (Phi) is 3.60. The van der Waals surface area contributed by atoms with Crippen LogP contribution in [0.25, 0.3) is 0 Å². The fourth-order valence-corrected chi connectivity index (χ4v) is 1.42. The molecule has 0 aromatic heterocycles. The second-order valence-electron chi connectivity index (χ2n) is 4.02. The number of hydrogen-bond acceptors (Lipinski definition) is 4. The van der Waals surface area contributed by atoms with Gasteiger partial charge < -0.3 is 5.73 Å². The molecule has 3 N–H and O–H groups in total. The van der Waals surface area contributed by atoms with Crippen LogP contribution in [0.2, 0.25) is 0 Å². The Balaban J connectivity index is 2.71. The number of piperazine rings is 1. The average molecular weight is 211 g/mol. The van der Waals surface area contributed by atoms with Crippen molar-refractivity contribution in [1.29, 1.82) is 0 Å². The summed E-state index contributed by atoms with van der Waals surface area (Å²) in [5, 5.41) is 2.32. The third-order valence-electron chi connectivity index (χ3n) is 2.56. The Morgan fingerprint density at radius 2 is 2.13 bits per heavy atom. The molecule has 5 nitrogen and oxygen atoms in total. The summed E-state index contributed by atoms with van der Waals surface area (Å²) in [5.74, 6) is -0.500. The standard InChI is InChI=1S/C10H17N3O2/c1-10(2)9(15)12-8(14)7-13(10)6-4-3-5-11/h3-4H,5-7,11H2,1-2H3,(H,12,14,15). The number of nitrogens with one attached hydrogen (secondary N) is 1. The molecule has 84 valence electrons. The lowest BCUT2D eigenvalue weighted by atomic mass is 9.99. The van der Waals surface area contributed by atoms with Crippen molar-refractivity contribution in [3.63, 3.8) is 0 Å². The van der Waals surface area contributed by atoms with Crippen LogP contribution in [0.1, 0.15) is 13.8 Å². The molecular formula is C10H17N3O2. The first-order chi connectivity index (χ1) is 6.98. The zero-order valence-electron chi connectivity index (χ0n) is 9.12. The molecule has 0 bridgehead atoms. The molecule has 0 saturated carbocycles. The summed E-state index contributed by atoms with van der Waals surface area (Å²) < 4.78 is 0. The quantitative estimate of drug-likeness (QED) is 0.475. The Hall–Kier alpha value is -1.20. The second kappa shape index (κ2) is 4.55. The number of carbonyl (C=O) groups is 2. The van der Waals surface area contributed by atoms with E-state index < -0.39 is 5.54 Å². The summed E-state index contributed by atoms with van der Waals surface area (Å²) in [6, 6.07) is 0.